The Balaban J connectivity index is 0.00000210. The molecule has 1 fully saturated rings. The fraction of sp³-hybridized carbons (Fsp3) is 0.353. The molecule has 0 bridgehead atoms. The summed E-state index contributed by atoms with van der Waals surface area (Å²) in [6, 6.07) is 6.65. The highest BCUT2D eigenvalue weighted by molar-refractivity contribution is 5.85. The Morgan fingerprint density at radius 2 is 2.00 bits per heavy atom. The van der Waals surface area contributed by atoms with E-state index in [4.69, 9.17) is 10.3 Å². The number of aromatic nitrogens is 4. The Hall–Kier alpha value is -2.39. The minimum atomic E-state index is -4.65. The smallest absolute Gasteiger partial charge is 0.334 e. The first-order valence-electron chi connectivity index (χ1n) is 8.14. The van der Waals surface area contributed by atoms with E-state index in [1.807, 2.05) is 0 Å². The highest BCUT2D eigenvalue weighted by Gasteiger charge is 2.42. The lowest BCUT2D eigenvalue weighted by molar-refractivity contribution is -0.142. The molecule has 3 aromatic rings. The number of alkyl halides is 3. The van der Waals surface area contributed by atoms with Crippen LogP contribution in [0.3, 0.4) is 0 Å². The van der Waals surface area contributed by atoms with Gasteiger partial charge in [0.2, 0.25) is 0 Å². The van der Waals surface area contributed by atoms with Crippen LogP contribution in [0.25, 0.3) is 17.1 Å². The van der Waals surface area contributed by atoms with Crippen LogP contribution in [0.15, 0.2) is 35.0 Å². The van der Waals surface area contributed by atoms with Gasteiger partial charge < -0.3 is 10.3 Å². The third-order valence-electron chi connectivity index (χ3n) is 4.63. The van der Waals surface area contributed by atoms with Crippen LogP contribution in [0, 0.1) is 6.92 Å². The molecule has 27 heavy (non-hydrogen) atoms. The van der Waals surface area contributed by atoms with Gasteiger partial charge in [-0.25, -0.2) is 4.68 Å². The van der Waals surface area contributed by atoms with Crippen LogP contribution >= 0.6 is 12.4 Å². The van der Waals surface area contributed by atoms with Gasteiger partial charge in [-0.3, -0.25) is 0 Å². The highest BCUT2D eigenvalue weighted by atomic mass is 35.5. The molecule has 0 aliphatic heterocycles. The van der Waals surface area contributed by atoms with Gasteiger partial charge in [-0.2, -0.15) is 23.3 Å². The van der Waals surface area contributed by atoms with Crippen molar-refractivity contribution in [3.05, 3.63) is 47.5 Å². The van der Waals surface area contributed by atoms with Crippen LogP contribution in [-0.2, 0) is 11.7 Å². The van der Waals surface area contributed by atoms with Crippen molar-refractivity contribution < 1.29 is 17.7 Å². The molecule has 0 amide bonds. The second-order valence-electron chi connectivity index (χ2n) is 6.59. The van der Waals surface area contributed by atoms with E-state index in [9.17, 15) is 13.2 Å². The molecule has 144 valence electrons. The van der Waals surface area contributed by atoms with Crippen molar-refractivity contribution in [1.82, 2.24) is 19.9 Å². The van der Waals surface area contributed by atoms with Crippen LogP contribution in [0.1, 0.15) is 36.3 Å². The van der Waals surface area contributed by atoms with Gasteiger partial charge in [-0.1, -0.05) is 17.3 Å². The largest absolute Gasteiger partial charge is 0.434 e. The Labute approximate surface area is 159 Å². The van der Waals surface area contributed by atoms with Gasteiger partial charge in [0.15, 0.2) is 11.5 Å². The molecule has 4 rings (SSSR count). The maximum absolute atomic E-state index is 13.8. The van der Waals surface area contributed by atoms with E-state index in [0.717, 1.165) is 22.9 Å². The molecule has 2 N–H and O–H groups in total. The Morgan fingerprint density at radius 1 is 1.26 bits per heavy atom. The standard InChI is InChI=1S/C17H16F3N5O.ClH/c1-10-4-2-5-11(8-10)25-13(17(18,19)20)12(9-22-25)14-23-15(24-26-14)16(21)6-3-7-16;/h2,4-5,8-9H,3,6-7,21H2,1H3;1H. The quantitative estimate of drug-likeness (QED) is 0.719. The van der Waals surface area contributed by atoms with E-state index in [0.29, 0.717) is 18.5 Å². The number of aryl methyl sites for hydroxylation is 1. The number of benzene rings is 1. The molecule has 6 nitrogen and oxygen atoms in total. The van der Waals surface area contributed by atoms with Gasteiger partial charge in [0.1, 0.15) is 0 Å². The zero-order chi connectivity index (χ0) is 18.5. The third kappa shape index (κ3) is 3.32. The molecule has 1 aromatic carbocycles. The first-order chi connectivity index (χ1) is 12.3. The average Bonchev–Trinajstić information content (AvgIpc) is 3.19. The summed E-state index contributed by atoms with van der Waals surface area (Å²) >= 11 is 0. The van der Waals surface area contributed by atoms with Gasteiger partial charge in [0, 0.05) is 0 Å². The van der Waals surface area contributed by atoms with E-state index >= 15 is 0 Å². The first kappa shape index (κ1) is 19.4. The molecule has 1 saturated carbocycles. The number of rotatable bonds is 3. The fourth-order valence-electron chi connectivity index (χ4n) is 3.05. The lowest BCUT2D eigenvalue weighted by Gasteiger charge is -2.34. The van der Waals surface area contributed by atoms with E-state index in [-0.39, 0.29) is 29.7 Å². The molecule has 1 aliphatic rings. The first-order valence-corrected chi connectivity index (χ1v) is 8.14. The second-order valence-corrected chi connectivity index (χ2v) is 6.59. The summed E-state index contributed by atoms with van der Waals surface area (Å²) in [5.41, 5.74) is 5.31. The third-order valence-corrected chi connectivity index (χ3v) is 4.63. The van der Waals surface area contributed by atoms with Crippen LogP contribution in [-0.4, -0.2) is 19.9 Å². The topological polar surface area (TPSA) is 82.8 Å². The van der Waals surface area contributed by atoms with E-state index in [1.54, 1.807) is 31.2 Å². The van der Waals surface area contributed by atoms with E-state index in [1.165, 1.54) is 0 Å². The lowest BCUT2D eigenvalue weighted by atomic mass is 9.77. The molecular formula is C17H17ClF3N5O. The lowest BCUT2D eigenvalue weighted by Crippen LogP contribution is -2.44. The summed E-state index contributed by atoms with van der Waals surface area (Å²) in [6.07, 6.45) is -1.27. The summed E-state index contributed by atoms with van der Waals surface area (Å²) in [5.74, 6) is -0.00173. The molecule has 10 heteroatoms. The molecule has 0 spiro atoms. The molecule has 0 saturated heterocycles. The van der Waals surface area contributed by atoms with Crippen molar-refractivity contribution in [1.29, 1.82) is 0 Å². The number of hydrogen-bond donors (Lipinski definition) is 1. The van der Waals surface area contributed by atoms with E-state index in [2.05, 4.69) is 15.2 Å². The second kappa shape index (κ2) is 6.65. The highest BCUT2D eigenvalue weighted by Crippen LogP contribution is 2.40. The van der Waals surface area contributed by atoms with Crippen LogP contribution in [0.4, 0.5) is 13.2 Å². The van der Waals surface area contributed by atoms with Gasteiger partial charge in [-0.05, 0) is 43.9 Å². The monoisotopic (exact) mass is 399 g/mol. The van der Waals surface area contributed by atoms with Crippen molar-refractivity contribution in [2.24, 2.45) is 5.73 Å². The predicted octanol–water partition coefficient (Wildman–Crippen LogP) is 4.01. The van der Waals surface area contributed by atoms with Gasteiger partial charge in [0.05, 0.1) is 23.0 Å². The zero-order valence-electron chi connectivity index (χ0n) is 14.3. The predicted molar refractivity (Wildman–Crippen MR) is 93.6 cm³/mol. The summed E-state index contributed by atoms with van der Waals surface area (Å²) < 4.78 is 47.2. The minimum absolute atomic E-state index is 0. The molecule has 0 atom stereocenters. The fourth-order valence-corrected chi connectivity index (χ4v) is 3.05. The number of nitrogens with two attached hydrogens (primary N) is 1. The number of halogens is 4. The van der Waals surface area contributed by atoms with Crippen molar-refractivity contribution in [2.45, 2.75) is 37.9 Å². The molecule has 0 unspecified atom stereocenters. The van der Waals surface area contributed by atoms with Crippen molar-refractivity contribution >= 4 is 12.4 Å². The van der Waals surface area contributed by atoms with Crippen molar-refractivity contribution in [2.75, 3.05) is 0 Å². The van der Waals surface area contributed by atoms with Gasteiger partial charge in [-0.15, -0.1) is 12.4 Å². The maximum atomic E-state index is 13.8. The molecule has 2 heterocycles. The maximum Gasteiger partial charge on any atom is 0.434 e. The SMILES string of the molecule is Cc1cccc(-n2ncc(-c3nc(C4(N)CCC4)no3)c2C(F)(F)F)c1.Cl. The average molecular weight is 400 g/mol. The minimum Gasteiger partial charge on any atom is -0.334 e. The molecular weight excluding hydrogens is 383 g/mol. The van der Waals surface area contributed by atoms with Crippen LogP contribution in [0.5, 0.6) is 0 Å². The van der Waals surface area contributed by atoms with E-state index < -0.39 is 17.4 Å². The summed E-state index contributed by atoms with van der Waals surface area (Å²) in [4.78, 5) is 4.12. The summed E-state index contributed by atoms with van der Waals surface area (Å²) in [5, 5.41) is 7.70. The Bertz CT molecular complexity index is 962. The molecule has 2 aromatic heterocycles. The normalized spacial score (nSPS) is 15.9. The summed E-state index contributed by atoms with van der Waals surface area (Å²) in [6.45, 7) is 1.80. The van der Waals surface area contributed by atoms with Crippen molar-refractivity contribution in [3.63, 3.8) is 0 Å². The Kier molecular flexibility index (Phi) is 4.77. The summed E-state index contributed by atoms with van der Waals surface area (Å²) in [7, 11) is 0. The Morgan fingerprint density at radius 3 is 2.59 bits per heavy atom. The molecule has 1 aliphatic carbocycles. The zero-order valence-corrected chi connectivity index (χ0v) is 15.1. The molecule has 0 radical (unpaired) electrons. The number of nitrogens with zero attached hydrogens (tertiary/aromatic N) is 4. The van der Waals surface area contributed by atoms with Gasteiger partial charge in [0.25, 0.3) is 5.89 Å². The van der Waals surface area contributed by atoms with Gasteiger partial charge >= 0.3 is 6.18 Å². The van der Waals surface area contributed by atoms with Crippen molar-refractivity contribution in [3.8, 4) is 17.1 Å². The van der Waals surface area contributed by atoms with Crippen LogP contribution in [0.2, 0.25) is 0 Å². The number of hydrogen-bond acceptors (Lipinski definition) is 5. The van der Waals surface area contributed by atoms with Crippen LogP contribution < -0.4 is 5.73 Å².